The first-order valence-corrected chi connectivity index (χ1v) is 19.1. The van der Waals surface area contributed by atoms with E-state index in [-0.39, 0.29) is 61.6 Å². The van der Waals surface area contributed by atoms with Crippen molar-refractivity contribution in [2.45, 2.75) is 125 Å². The normalized spacial score (nSPS) is 44.3. The van der Waals surface area contributed by atoms with E-state index in [1.165, 1.54) is 5.57 Å². The van der Waals surface area contributed by atoms with Gasteiger partial charge in [0.2, 0.25) is 10.6 Å². The highest BCUT2D eigenvalue weighted by atomic mass is 35.5. The molecule has 0 aromatic carbocycles. The Bertz CT molecular complexity index is 1460. The minimum atomic E-state index is -0.639. The first-order valence-electron chi connectivity index (χ1n) is 18.4. The van der Waals surface area contributed by atoms with Crippen molar-refractivity contribution < 1.29 is 19.4 Å². The van der Waals surface area contributed by atoms with Gasteiger partial charge in [-0.05, 0) is 114 Å². The molecular weight excluding hydrogens is 647 g/mol. The molecule has 1 saturated heterocycles. The summed E-state index contributed by atoms with van der Waals surface area (Å²) in [6.07, 6.45) is 7.70. The van der Waals surface area contributed by atoms with Gasteiger partial charge in [0.05, 0.1) is 37.9 Å². The van der Waals surface area contributed by atoms with Crippen molar-refractivity contribution in [2.75, 3.05) is 19.8 Å². The highest BCUT2D eigenvalue weighted by Crippen LogP contribution is 2.75. The molecule has 3 N–H and O–H groups in total. The van der Waals surface area contributed by atoms with Crippen molar-refractivity contribution in [2.24, 2.45) is 68.3 Å². The molecule has 0 amide bonds. The second kappa shape index (κ2) is 11.9. The van der Waals surface area contributed by atoms with Gasteiger partial charge in [-0.2, -0.15) is 4.98 Å². The van der Waals surface area contributed by atoms with Crippen molar-refractivity contribution >= 4 is 29.2 Å². The summed E-state index contributed by atoms with van der Waals surface area (Å²) in [6.45, 7) is 24.0. The quantitative estimate of drug-likeness (QED) is 0.261. The molecule has 0 spiro atoms. The van der Waals surface area contributed by atoms with Crippen molar-refractivity contribution in [3.63, 3.8) is 0 Å². The van der Waals surface area contributed by atoms with Gasteiger partial charge in [-0.15, -0.1) is 5.10 Å². The molecule has 2 bridgehead atoms. The summed E-state index contributed by atoms with van der Waals surface area (Å²) < 4.78 is 15.4. The zero-order valence-corrected chi connectivity index (χ0v) is 32.4. The number of rotatable bonds is 8. The van der Waals surface area contributed by atoms with Gasteiger partial charge < -0.3 is 20.3 Å². The molecule has 1 unspecified atom stereocenters. The summed E-state index contributed by atoms with van der Waals surface area (Å²) in [5.41, 5.74) is 6.29. The van der Waals surface area contributed by atoms with Crippen LogP contribution in [0.3, 0.4) is 0 Å². The lowest BCUT2D eigenvalue weighted by Gasteiger charge is -2.71. The van der Waals surface area contributed by atoms with Gasteiger partial charge in [-0.1, -0.05) is 74.0 Å². The van der Waals surface area contributed by atoms with Crippen LogP contribution in [-0.4, -0.2) is 57.3 Å². The maximum atomic E-state index is 13.4. The van der Waals surface area contributed by atoms with Crippen LogP contribution in [0.1, 0.15) is 114 Å². The minimum Gasteiger partial charge on any atom is -0.481 e. The predicted octanol–water partition coefficient (Wildman–Crippen LogP) is 8.47. The number of hydrogen-bond donors (Lipinski definition) is 2. The molecule has 0 radical (unpaired) electrons. The second-order valence-corrected chi connectivity index (χ2v) is 19.3. The number of ether oxygens (including phenoxy) is 2. The standard InChI is InChI=1S/C38H60Cl2N4O4/c1-21(2)23(5)33(6)15-16-35(8)24-11-12-27-34(7)18-47-20-38(27,25(24)13-14-36(35,9)28(33)30(45)46)17-26(44-32(40)42-31(39)43-44)29(34)48-19-37(10,41)22(3)4/h13,21-24,26-29H,11-12,14-20,41H2,1-10H3,(H,45,46)/t23-,24+,26-,27+,28-,29+,33-,34+,35-,36+,37+,38?/m1/s1. The number of allylic oxidation sites excluding steroid dienone is 1. The lowest BCUT2D eigenvalue weighted by Crippen LogP contribution is -2.69. The summed E-state index contributed by atoms with van der Waals surface area (Å²) in [6, 6.07) is -0.223. The maximum Gasteiger partial charge on any atom is 0.307 e. The molecule has 1 aromatic heterocycles. The Labute approximate surface area is 298 Å². The van der Waals surface area contributed by atoms with Crippen LogP contribution in [0.4, 0.5) is 0 Å². The number of hydrogen-bond acceptors (Lipinski definition) is 6. The van der Waals surface area contributed by atoms with Crippen molar-refractivity contribution in [1.82, 2.24) is 14.8 Å². The van der Waals surface area contributed by atoms with Gasteiger partial charge in [0.25, 0.3) is 0 Å². The highest BCUT2D eigenvalue weighted by molar-refractivity contribution is 6.31. The largest absolute Gasteiger partial charge is 0.481 e. The van der Waals surface area contributed by atoms with Gasteiger partial charge >= 0.3 is 5.97 Å². The molecule has 1 aromatic rings. The SMILES string of the molecule is CC(C)[C@@H](C)[C@@]1(C)CC[C@]2(C)[C@H]3CC[C@@H]4C5(COC[C@]4(C)[C@@H](OC[C@](C)(N)C(C)C)[C@H](n4nc(Cl)nc4Cl)C5)C3=CC[C@@]2(C)[C@@H]1C(=O)O. The number of carbonyl (C=O) groups is 1. The van der Waals surface area contributed by atoms with E-state index in [2.05, 4.69) is 85.4 Å². The third kappa shape index (κ3) is 5.03. The van der Waals surface area contributed by atoms with Crippen molar-refractivity contribution in [3.05, 3.63) is 22.2 Å². The van der Waals surface area contributed by atoms with Crippen LogP contribution >= 0.6 is 23.2 Å². The summed E-state index contributed by atoms with van der Waals surface area (Å²) in [5.74, 6) is 0.457. The van der Waals surface area contributed by atoms with Crippen molar-refractivity contribution in [1.29, 1.82) is 0 Å². The Balaban J connectivity index is 1.46. The fraction of sp³-hybridized carbons (Fsp3) is 0.868. The van der Waals surface area contributed by atoms with Gasteiger partial charge in [0.1, 0.15) is 0 Å². The van der Waals surface area contributed by atoms with E-state index in [0.717, 1.165) is 38.5 Å². The number of carboxylic acid groups (broad SMARTS) is 1. The topological polar surface area (TPSA) is 112 Å². The third-order valence-corrected chi connectivity index (χ3v) is 16.3. The van der Waals surface area contributed by atoms with Gasteiger partial charge in [-0.3, -0.25) is 4.79 Å². The predicted molar refractivity (Wildman–Crippen MR) is 190 cm³/mol. The molecule has 4 aliphatic carbocycles. The molecule has 12 atom stereocenters. The van der Waals surface area contributed by atoms with E-state index < -0.39 is 17.4 Å². The maximum absolute atomic E-state index is 13.4. The van der Waals surface area contributed by atoms with E-state index in [1.54, 1.807) is 4.68 Å². The van der Waals surface area contributed by atoms with Crippen molar-refractivity contribution in [3.8, 4) is 0 Å². The van der Waals surface area contributed by atoms with E-state index in [9.17, 15) is 9.90 Å². The molecule has 8 nitrogen and oxygen atoms in total. The summed E-state index contributed by atoms with van der Waals surface area (Å²) in [5, 5.41) is 16.0. The fourth-order valence-electron chi connectivity index (χ4n) is 12.0. The number of nitrogens with two attached hydrogens (primary N) is 1. The second-order valence-electron chi connectivity index (χ2n) is 18.6. The summed E-state index contributed by atoms with van der Waals surface area (Å²) in [4.78, 5) is 17.7. The fourth-order valence-corrected chi connectivity index (χ4v) is 12.5. The molecule has 3 saturated carbocycles. The Morgan fingerprint density at radius 2 is 1.81 bits per heavy atom. The molecule has 4 fully saturated rings. The summed E-state index contributed by atoms with van der Waals surface area (Å²) in [7, 11) is 0. The molecular formula is C38H60Cl2N4O4. The molecule has 270 valence electrons. The van der Waals surface area contributed by atoms with Crippen LogP contribution in [0, 0.1) is 62.6 Å². The van der Waals surface area contributed by atoms with Crippen LogP contribution in [-0.2, 0) is 14.3 Å². The van der Waals surface area contributed by atoms with E-state index in [4.69, 9.17) is 38.4 Å². The van der Waals surface area contributed by atoms with Crippen LogP contribution in [0.15, 0.2) is 11.6 Å². The van der Waals surface area contributed by atoms with Gasteiger partial charge in [0, 0.05) is 16.4 Å². The van der Waals surface area contributed by atoms with E-state index in [0.29, 0.717) is 37.6 Å². The van der Waals surface area contributed by atoms with E-state index in [1.807, 2.05) is 0 Å². The number of halogens is 2. The van der Waals surface area contributed by atoms with Crippen LogP contribution in [0.5, 0.6) is 0 Å². The lowest BCUT2D eigenvalue weighted by atomic mass is 9.34. The Morgan fingerprint density at radius 3 is 2.40 bits per heavy atom. The summed E-state index contributed by atoms with van der Waals surface area (Å²) >= 11 is 13.1. The average molecular weight is 708 g/mol. The van der Waals surface area contributed by atoms with Crippen LogP contribution < -0.4 is 5.73 Å². The molecule has 1 aliphatic heterocycles. The Kier molecular flexibility index (Phi) is 9.10. The van der Waals surface area contributed by atoms with Gasteiger partial charge in [-0.25, -0.2) is 4.68 Å². The zero-order chi connectivity index (χ0) is 35.4. The zero-order valence-electron chi connectivity index (χ0n) is 30.9. The minimum absolute atomic E-state index is 0.123. The van der Waals surface area contributed by atoms with E-state index >= 15 is 0 Å². The molecule has 6 rings (SSSR count). The number of aliphatic carboxylic acids is 1. The number of aromatic nitrogens is 3. The first-order chi connectivity index (χ1) is 22.2. The third-order valence-electron chi connectivity index (χ3n) is 15.9. The molecule has 48 heavy (non-hydrogen) atoms. The Morgan fingerprint density at radius 1 is 1.12 bits per heavy atom. The van der Waals surface area contributed by atoms with Crippen LogP contribution in [0.2, 0.25) is 10.6 Å². The van der Waals surface area contributed by atoms with Gasteiger partial charge in [0.15, 0.2) is 0 Å². The number of fused-ring (bicyclic) bond motifs is 3. The molecule has 5 aliphatic rings. The average Bonchev–Trinajstić information content (AvgIpc) is 3.33. The number of carboxylic acids is 1. The smallest absolute Gasteiger partial charge is 0.307 e. The lowest BCUT2D eigenvalue weighted by molar-refractivity contribution is -0.252. The molecule has 10 heteroatoms. The first kappa shape index (κ1) is 36.6. The number of nitrogens with zero attached hydrogens (tertiary/aromatic N) is 3. The molecule has 2 heterocycles. The Hall–Kier alpha value is -1.19. The monoisotopic (exact) mass is 706 g/mol. The highest BCUT2D eigenvalue weighted by Gasteiger charge is 2.72. The van der Waals surface area contributed by atoms with Crippen LogP contribution in [0.25, 0.3) is 0 Å².